The number of amides is 1. The first-order valence-corrected chi connectivity index (χ1v) is 12.0. The summed E-state index contributed by atoms with van der Waals surface area (Å²) in [6.45, 7) is 1.76. The Morgan fingerprint density at radius 2 is 1.71 bits per heavy atom. The van der Waals surface area contributed by atoms with Gasteiger partial charge in [-0.15, -0.1) is 0 Å². The number of carbonyl (C=O) groups is 1. The molecule has 0 bridgehead atoms. The summed E-state index contributed by atoms with van der Waals surface area (Å²) in [5.74, 6) is -0.432. The van der Waals surface area contributed by atoms with Gasteiger partial charge in [-0.2, -0.15) is 0 Å². The fourth-order valence-corrected chi connectivity index (χ4v) is 5.02. The zero-order chi connectivity index (χ0) is 22.2. The van der Waals surface area contributed by atoms with Crippen molar-refractivity contribution in [2.24, 2.45) is 0 Å². The number of para-hydroxylation sites is 1. The highest BCUT2D eigenvalue weighted by molar-refractivity contribution is 7.92. The first kappa shape index (κ1) is 21.2. The number of furan rings is 1. The molecule has 0 aliphatic rings. The van der Waals surface area contributed by atoms with Crippen LogP contribution in [0.2, 0.25) is 5.02 Å². The Bertz CT molecular complexity index is 1360. The Morgan fingerprint density at radius 1 is 1.03 bits per heavy atom. The molecule has 1 atom stereocenters. The highest BCUT2D eigenvalue weighted by Crippen LogP contribution is 2.31. The van der Waals surface area contributed by atoms with E-state index in [4.69, 9.17) is 16.0 Å². The van der Waals surface area contributed by atoms with Gasteiger partial charge in [0.1, 0.15) is 17.2 Å². The minimum absolute atomic E-state index is 0.286. The van der Waals surface area contributed by atoms with Gasteiger partial charge in [-0.25, -0.2) is 8.42 Å². The molecule has 1 unspecified atom stereocenters. The zero-order valence-electron chi connectivity index (χ0n) is 17.0. The van der Waals surface area contributed by atoms with Crippen LogP contribution in [0.25, 0.3) is 21.9 Å². The molecule has 160 valence electrons. The van der Waals surface area contributed by atoms with Crippen molar-refractivity contribution in [1.82, 2.24) is 0 Å². The second-order valence-electron chi connectivity index (χ2n) is 7.26. The van der Waals surface area contributed by atoms with Crippen molar-refractivity contribution in [2.45, 2.75) is 19.4 Å². The van der Waals surface area contributed by atoms with Crippen LogP contribution >= 0.6 is 11.6 Å². The molecule has 4 aromatic rings. The van der Waals surface area contributed by atoms with Crippen molar-refractivity contribution in [3.8, 4) is 0 Å². The molecule has 0 radical (unpaired) electrons. The predicted octanol–water partition coefficient (Wildman–Crippen LogP) is 5.42. The zero-order valence-corrected chi connectivity index (χ0v) is 18.6. The summed E-state index contributed by atoms with van der Waals surface area (Å²) in [5, 5.41) is 5.25. The van der Waals surface area contributed by atoms with Crippen LogP contribution in [0.15, 0.2) is 71.1 Å². The first-order chi connectivity index (χ1) is 14.8. The van der Waals surface area contributed by atoms with Crippen molar-refractivity contribution < 1.29 is 17.6 Å². The molecular formula is C23H21ClN2O4S. The Hall–Kier alpha value is -3.03. The van der Waals surface area contributed by atoms with Crippen molar-refractivity contribution >= 4 is 60.8 Å². The van der Waals surface area contributed by atoms with E-state index in [0.717, 1.165) is 26.9 Å². The van der Waals surface area contributed by atoms with Crippen LogP contribution in [0.1, 0.15) is 13.3 Å². The van der Waals surface area contributed by atoms with Crippen molar-refractivity contribution in [3.63, 3.8) is 0 Å². The predicted molar refractivity (Wildman–Crippen MR) is 125 cm³/mol. The van der Waals surface area contributed by atoms with Gasteiger partial charge in [0.05, 0.1) is 11.9 Å². The lowest BCUT2D eigenvalue weighted by molar-refractivity contribution is -0.117. The van der Waals surface area contributed by atoms with E-state index >= 15 is 0 Å². The van der Waals surface area contributed by atoms with Crippen LogP contribution in [0.4, 0.5) is 11.4 Å². The van der Waals surface area contributed by atoms with Crippen LogP contribution in [0.5, 0.6) is 0 Å². The summed E-state index contributed by atoms with van der Waals surface area (Å²) in [4.78, 5) is 13.1. The average Bonchev–Trinajstić information content (AvgIpc) is 3.09. The van der Waals surface area contributed by atoms with E-state index in [1.807, 2.05) is 30.3 Å². The molecule has 0 saturated carbocycles. The van der Waals surface area contributed by atoms with Crippen LogP contribution in [0.3, 0.4) is 0 Å². The van der Waals surface area contributed by atoms with Gasteiger partial charge in [-0.1, -0.05) is 36.7 Å². The van der Waals surface area contributed by atoms with Crippen molar-refractivity contribution in [2.75, 3.05) is 15.9 Å². The molecule has 1 heterocycles. The number of nitrogens with zero attached hydrogens (tertiary/aromatic N) is 1. The molecule has 6 nitrogen and oxygen atoms in total. The van der Waals surface area contributed by atoms with Gasteiger partial charge >= 0.3 is 0 Å². The molecule has 1 aromatic heterocycles. The Morgan fingerprint density at radius 3 is 2.39 bits per heavy atom. The number of carbonyl (C=O) groups excluding carboxylic acids is 1. The fraction of sp³-hybridized carbons (Fsp3) is 0.174. The smallest absolute Gasteiger partial charge is 0.248 e. The molecule has 4 rings (SSSR count). The largest absolute Gasteiger partial charge is 0.456 e. The summed E-state index contributed by atoms with van der Waals surface area (Å²) < 4.78 is 32.1. The summed E-state index contributed by atoms with van der Waals surface area (Å²) in [6, 6.07) is 18.5. The minimum Gasteiger partial charge on any atom is -0.456 e. The third-order valence-corrected chi connectivity index (χ3v) is 6.49. The standard InChI is InChI=1S/C23H21ClN2O4S/c1-3-20(26(31(2,28)29)17-11-8-15(24)9-12-17)23(27)25-16-10-13-19-18-6-4-5-7-21(18)30-22(19)14-16/h4-14,20H,3H2,1-2H3,(H,25,27). The maximum atomic E-state index is 13.1. The molecule has 0 saturated heterocycles. The molecule has 1 N–H and O–H groups in total. The number of hydrogen-bond donors (Lipinski definition) is 1. The Balaban J connectivity index is 1.66. The molecule has 3 aromatic carbocycles. The molecule has 0 aliphatic heterocycles. The molecule has 1 amide bonds. The molecule has 0 fully saturated rings. The topological polar surface area (TPSA) is 79.6 Å². The van der Waals surface area contributed by atoms with Crippen LogP contribution in [0, 0.1) is 0 Å². The molecule has 0 spiro atoms. The minimum atomic E-state index is -3.72. The first-order valence-electron chi connectivity index (χ1n) is 9.75. The second kappa shape index (κ2) is 8.24. The van der Waals surface area contributed by atoms with Gasteiger partial charge in [-0.05, 0) is 48.9 Å². The van der Waals surface area contributed by atoms with E-state index in [-0.39, 0.29) is 6.42 Å². The summed E-state index contributed by atoms with van der Waals surface area (Å²) >= 11 is 5.93. The second-order valence-corrected chi connectivity index (χ2v) is 9.55. The van der Waals surface area contributed by atoms with E-state index < -0.39 is 22.0 Å². The van der Waals surface area contributed by atoms with E-state index in [1.54, 1.807) is 43.3 Å². The number of rotatable bonds is 6. The van der Waals surface area contributed by atoms with Gasteiger partial charge in [-0.3, -0.25) is 9.10 Å². The number of nitrogens with one attached hydrogen (secondary N) is 1. The number of sulfonamides is 1. The lowest BCUT2D eigenvalue weighted by Gasteiger charge is -2.30. The number of hydrogen-bond acceptors (Lipinski definition) is 4. The van der Waals surface area contributed by atoms with Crippen molar-refractivity contribution in [3.05, 3.63) is 71.8 Å². The summed E-state index contributed by atoms with van der Waals surface area (Å²) in [6.07, 6.45) is 1.37. The Kier molecular flexibility index (Phi) is 5.64. The third-order valence-electron chi connectivity index (χ3n) is 5.06. The molecular weight excluding hydrogens is 436 g/mol. The van der Waals surface area contributed by atoms with E-state index in [1.165, 1.54) is 0 Å². The number of fused-ring (bicyclic) bond motifs is 3. The molecule has 31 heavy (non-hydrogen) atoms. The lowest BCUT2D eigenvalue weighted by Crippen LogP contribution is -2.46. The highest BCUT2D eigenvalue weighted by atomic mass is 35.5. The van der Waals surface area contributed by atoms with Crippen LogP contribution in [-0.2, 0) is 14.8 Å². The summed E-state index contributed by atoms with van der Waals surface area (Å²) in [5.41, 5.74) is 2.31. The maximum Gasteiger partial charge on any atom is 0.248 e. The van der Waals surface area contributed by atoms with E-state index in [0.29, 0.717) is 22.0 Å². The van der Waals surface area contributed by atoms with Gasteiger partial charge in [0.25, 0.3) is 0 Å². The SMILES string of the molecule is CCC(C(=O)Nc1ccc2c(c1)oc1ccccc12)N(c1ccc(Cl)cc1)S(C)(=O)=O. The fourth-order valence-electron chi connectivity index (χ4n) is 3.68. The quantitative estimate of drug-likeness (QED) is 0.420. The lowest BCUT2D eigenvalue weighted by atomic mass is 10.1. The van der Waals surface area contributed by atoms with Gasteiger partial charge in [0.2, 0.25) is 15.9 Å². The highest BCUT2D eigenvalue weighted by Gasteiger charge is 2.31. The normalized spacial score (nSPS) is 12.7. The van der Waals surface area contributed by atoms with Gasteiger partial charge in [0, 0.05) is 27.5 Å². The monoisotopic (exact) mass is 456 g/mol. The van der Waals surface area contributed by atoms with E-state index in [9.17, 15) is 13.2 Å². The van der Waals surface area contributed by atoms with Crippen LogP contribution < -0.4 is 9.62 Å². The number of halogens is 1. The summed E-state index contributed by atoms with van der Waals surface area (Å²) in [7, 11) is -3.72. The van der Waals surface area contributed by atoms with E-state index in [2.05, 4.69) is 5.32 Å². The number of anilines is 2. The van der Waals surface area contributed by atoms with Gasteiger partial charge in [0.15, 0.2) is 0 Å². The average molecular weight is 457 g/mol. The molecule has 0 aliphatic carbocycles. The molecule has 8 heteroatoms. The maximum absolute atomic E-state index is 13.1. The van der Waals surface area contributed by atoms with Crippen LogP contribution in [-0.4, -0.2) is 26.6 Å². The number of benzene rings is 3. The third kappa shape index (κ3) is 4.24. The van der Waals surface area contributed by atoms with Crippen molar-refractivity contribution in [1.29, 1.82) is 0 Å². The van der Waals surface area contributed by atoms with Gasteiger partial charge < -0.3 is 9.73 Å². The Labute approximate surface area is 185 Å².